The summed E-state index contributed by atoms with van der Waals surface area (Å²) in [7, 11) is -3.28. The lowest BCUT2D eigenvalue weighted by Crippen LogP contribution is -2.37. The lowest BCUT2D eigenvalue weighted by Gasteiger charge is -2.28. The van der Waals surface area contributed by atoms with Crippen molar-refractivity contribution in [1.29, 1.82) is 0 Å². The molecule has 1 saturated heterocycles. The highest BCUT2D eigenvalue weighted by molar-refractivity contribution is 7.91. The van der Waals surface area contributed by atoms with Gasteiger partial charge in [0.1, 0.15) is 11.9 Å². The molecular formula is C14H20O5S. The van der Waals surface area contributed by atoms with Gasteiger partial charge >= 0.3 is 0 Å². The number of benzene rings is 1. The summed E-state index contributed by atoms with van der Waals surface area (Å²) in [5, 5.41) is 9.19. The fraction of sp³-hybridized carbons (Fsp3) is 0.571. The summed E-state index contributed by atoms with van der Waals surface area (Å²) in [4.78, 5) is 0. The average molecular weight is 300 g/mol. The average Bonchev–Trinajstić information content (AvgIpc) is 2.83. The largest absolute Gasteiger partial charge is 0.394 e. The molecule has 1 N–H and O–H groups in total. The maximum Gasteiger partial charge on any atom is 0.209 e. The Balaban J connectivity index is 2.37. The first-order valence-corrected chi connectivity index (χ1v) is 8.43. The van der Waals surface area contributed by atoms with Gasteiger partial charge in [0.05, 0.1) is 13.2 Å². The van der Waals surface area contributed by atoms with Crippen LogP contribution in [0.4, 0.5) is 0 Å². The SMILES string of the molecule is CCS(=O)(=O)CC1(c2ccc(C)cc2)OCC(CO)O1. The van der Waals surface area contributed by atoms with Crippen LogP contribution < -0.4 is 0 Å². The highest BCUT2D eigenvalue weighted by Gasteiger charge is 2.46. The molecule has 0 aliphatic carbocycles. The second-order valence-corrected chi connectivity index (χ2v) is 7.38. The van der Waals surface area contributed by atoms with E-state index in [0.717, 1.165) is 5.56 Å². The molecule has 1 fully saturated rings. The van der Waals surface area contributed by atoms with Crippen molar-refractivity contribution in [3.63, 3.8) is 0 Å². The van der Waals surface area contributed by atoms with Crippen LogP contribution in [0.15, 0.2) is 24.3 Å². The molecule has 2 unspecified atom stereocenters. The standard InChI is InChI=1S/C14H20O5S/c1-3-20(16,17)10-14(18-9-13(8-15)19-14)12-6-4-11(2)5-7-12/h4-7,13,15H,3,8-10H2,1-2H3. The minimum absolute atomic E-state index is 0.0249. The van der Waals surface area contributed by atoms with E-state index in [-0.39, 0.29) is 24.7 Å². The molecule has 0 spiro atoms. The third kappa shape index (κ3) is 3.20. The Labute approximate surface area is 119 Å². The molecule has 0 saturated carbocycles. The Hall–Kier alpha value is -0.950. The number of aliphatic hydroxyl groups is 1. The van der Waals surface area contributed by atoms with Crippen molar-refractivity contribution >= 4 is 9.84 Å². The highest BCUT2D eigenvalue weighted by Crippen LogP contribution is 2.36. The van der Waals surface area contributed by atoms with E-state index in [1.807, 2.05) is 19.1 Å². The summed E-state index contributed by atoms with van der Waals surface area (Å²) >= 11 is 0. The minimum atomic E-state index is -3.28. The van der Waals surface area contributed by atoms with Crippen molar-refractivity contribution < 1.29 is 23.0 Å². The van der Waals surface area contributed by atoms with Crippen LogP contribution >= 0.6 is 0 Å². The van der Waals surface area contributed by atoms with E-state index in [9.17, 15) is 13.5 Å². The quantitative estimate of drug-likeness (QED) is 0.878. The molecule has 0 amide bonds. The molecule has 1 aromatic carbocycles. The van der Waals surface area contributed by atoms with E-state index in [1.165, 1.54) is 0 Å². The first-order valence-electron chi connectivity index (χ1n) is 6.61. The van der Waals surface area contributed by atoms with Gasteiger partial charge in [-0.3, -0.25) is 0 Å². The molecule has 2 atom stereocenters. The second-order valence-electron chi connectivity index (χ2n) is 5.03. The molecule has 1 heterocycles. The van der Waals surface area contributed by atoms with Crippen LogP contribution in [0.25, 0.3) is 0 Å². The Morgan fingerprint density at radius 2 is 2.00 bits per heavy atom. The first-order chi connectivity index (χ1) is 9.41. The Morgan fingerprint density at radius 1 is 1.35 bits per heavy atom. The molecule has 0 aromatic heterocycles. The zero-order chi connectivity index (χ0) is 14.8. The van der Waals surface area contributed by atoms with Gasteiger partial charge in [0.15, 0.2) is 9.84 Å². The van der Waals surface area contributed by atoms with Crippen molar-refractivity contribution in [1.82, 2.24) is 0 Å². The maximum absolute atomic E-state index is 12.0. The molecule has 20 heavy (non-hydrogen) atoms. The zero-order valence-corrected chi connectivity index (χ0v) is 12.5. The number of ether oxygens (including phenoxy) is 2. The van der Waals surface area contributed by atoms with Crippen LogP contribution in [0.2, 0.25) is 0 Å². The Kier molecular flexibility index (Phi) is 4.49. The van der Waals surface area contributed by atoms with Gasteiger partial charge < -0.3 is 14.6 Å². The molecule has 1 aliphatic heterocycles. The predicted octanol–water partition coefficient (Wildman–Crippen LogP) is 0.990. The molecule has 0 radical (unpaired) electrons. The third-order valence-electron chi connectivity index (χ3n) is 3.40. The molecule has 112 valence electrons. The van der Waals surface area contributed by atoms with Crippen molar-refractivity contribution in [2.75, 3.05) is 24.7 Å². The summed E-state index contributed by atoms with van der Waals surface area (Å²) in [5.74, 6) is -1.52. The number of aryl methyl sites for hydroxylation is 1. The van der Waals surface area contributed by atoms with Gasteiger partial charge in [0.2, 0.25) is 5.79 Å². The van der Waals surface area contributed by atoms with E-state index in [4.69, 9.17) is 9.47 Å². The summed E-state index contributed by atoms with van der Waals surface area (Å²) in [5.41, 5.74) is 1.73. The van der Waals surface area contributed by atoms with Crippen molar-refractivity contribution in [3.05, 3.63) is 35.4 Å². The van der Waals surface area contributed by atoms with E-state index in [0.29, 0.717) is 5.56 Å². The fourth-order valence-electron chi connectivity index (χ4n) is 2.16. The highest BCUT2D eigenvalue weighted by atomic mass is 32.2. The molecule has 2 rings (SSSR count). The second kappa shape index (κ2) is 5.81. The predicted molar refractivity (Wildman–Crippen MR) is 75.1 cm³/mol. The van der Waals surface area contributed by atoms with Gasteiger partial charge in [-0.05, 0) is 6.92 Å². The number of hydrogen-bond donors (Lipinski definition) is 1. The number of rotatable bonds is 5. The van der Waals surface area contributed by atoms with Gasteiger partial charge in [-0.1, -0.05) is 36.8 Å². The van der Waals surface area contributed by atoms with E-state index in [1.54, 1.807) is 19.1 Å². The van der Waals surface area contributed by atoms with Crippen LogP contribution in [0.1, 0.15) is 18.1 Å². The minimum Gasteiger partial charge on any atom is -0.394 e. The number of aliphatic hydroxyl groups excluding tert-OH is 1. The summed E-state index contributed by atoms with van der Waals surface area (Å²) < 4.78 is 35.3. The summed E-state index contributed by atoms with van der Waals surface area (Å²) in [6.07, 6.45) is -0.497. The van der Waals surface area contributed by atoms with Crippen molar-refractivity contribution in [2.24, 2.45) is 0 Å². The van der Waals surface area contributed by atoms with Crippen molar-refractivity contribution in [2.45, 2.75) is 25.7 Å². The lowest BCUT2D eigenvalue weighted by atomic mass is 10.1. The smallest absolute Gasteiger partial charge is 0.209 e. The summed E-state index contributed by atoms with van der Waals surface area (Å²) in [6, 6.07) is 7.38. The van der Waals surface area contributed by atoms with Gasteiger partial charge in [-0.15, -0.1) is 0 Å². The van der Waals surface area contributed by atoms with E-state index >= 15 is 0 Å². The third-order valence-corrected chi connectivity index (χ3v) is 5.10. The number of sulfone groups is 1. The van der Waals surface area contributed by atoms with Gasteiger partial charge in [0, 0.05) is 11.3 Å². The molecule has 6 heteroatoms. The van der Waals surface area contributed by atoms with Crippen LogP contribution in [-0.4, -0.2) is 44.3 Å². The van der Waals surface area contributed by atoms with E-state index < -0.39 is 21.7 Å². The molecule has 1 aliphatic rings. The Morgan fingerprint density at radius 3 is 2.50 bits per heavy atom. The zero-order valence-electron chi connectivity index (χ0n) is 11.7. The number of hydrogen-bond acceptors (Lipinski definition) is 5. The van der Waals surface area contributed by atoms with E-state index in [2.05, 4.69) is 0 Å². The lowest BCUT2D eigenvalue weighted by molar-refractivity contribution is -0.162. The monoisotopic (exact) mass is 300 g/mol. The van der Waals surface area contributed by atoms with Crippen molar-refractivity contribution in [3.8, 4) is 0 Å². The normalized spacial score (nSPS) is 26.9. The van der Waals surface area contributed by atoms with Crippen LogP contribution in [0, 0.1) is 6.92 Å². The fourth-order valence-corrected chi connectivity index (χ4v) is 3.27. The van der Waals surface area contributed by atoms with Crippen LogP contribution in [0.3, 0.4) is 0 Å². The van der Waals surface area contributed by atoms with Gasteiger partial charge in [-0.25, -0.2) is 8.42 Å². The molecular weight excluding hydrogens is 280 g/mol. The van der Waals surface area contributed by atoms with Gasteiger partial charge in [-0.2, -0.15) is 0 Å². The van der Waals surface area contributed by atoms with Crippen LogP contribution in [0.5, 0.6) is 0 Å². The summed E-state index contributed by atoms with van der Waals surface area (Å²) in [6.45, 7) is 3.53. The molecule has 0 bridgehead atoms. The Bertz CT molecular complexity index is 551. The topological polar surface area (TPSA) is 72.8 Å². The van der Waals surface area contributed by atoms with Crippen LogP contribution in [-0.2, 0) is 25.1 Å². The molecule has 5 nitrogen and oxygen atoms in total. The maximum atomic E-state index is 12.0. The van der Waals surface area contributed by atoms with Gasteiger partial charge in [0.25, 0.3) is 0 Å². The first kappa shape index (κ1) is 15.4. The molecule has 1 aromatic rings.